The third-order valence-corrected chi connectivity index (χ3v) is 2.89. The lowest BCUT2D eigenvalue weighted by Gasteiger charge is -2.20. The fourth-order valence-electron chi connectivity index (χ4n) is 1.95. The SMILES string of the molecule is Cc1noc(C)c1CN1CCOC[C@H](O)C1. The largest absolute Gasteiger partial charge is 0.389 e. The number of ether oxygens (including phenoxy) is 1. The molecule has 1 aliphatic heterocycles. The van der Waals surface area contributed by atoms with Crippen molar-refractivity contribution in [2.75, 3.05) is 26.3 Å². The van der Waals surface area contributed by atoms with Crippen molar-refractivity contribution < 1.29 is 14.4 Å². The first-order chi connectivity index (χ1) is 7.66. The van der Waals surface area contributed by atoms with Crippen LogP contribution in [0.25, 0.3) is 0 Å². The standard InChI is InChI=1S/C11H18N2O3/c1-8-11(9(2)16-12-8)6-13-3-4-15-7-10(14)5-13/h10,14H,3-7H2,1-2H3/t10-/m1/s1. The van der Waals surface area contributed by atoms with Crippen molar-refractivity contribution in [2.24, 2.45) is 0 Å². The lowest BCUT2D eigenvalue weighted by Crippen LogP contribution is -2.32. The van der Waals surface area contributed by atoms with E-state index in [1.165, 1.54) is 0 Å². The molecule has 1 atom stereocenters. The fourth-order valence-corrected chi connectivity index (χ4v) is 1.95. The average Bonchev–Trinajstić information content (AvgIpc) is 2.47. The number of nitrogens with zero attached hydrogens (tertiary/aromatic N) is 2. The average molecular weight is 226 g/mol. The smallest absolute Gasteiger partial charge is 0.138 e. The van der Waals surface area contributed by atoms with Gasteiger partial charge in [-0.15, -0.1) is 0 Å². The highest BCUT2D eigenvalue weighted by Gasteiger charge is 2.19. The Morgan fingerprint density at radius 3 is 3.00 bits per heavy atom. The Hall–Kier alpha value is -0.910. The zero-order chi connectivity index (χ0) is 11.5. The predicted octanol–water partition coefficient (Wildman–Crippen LogP) is 0.485. The number of aliphatic hydroxyl groups excluding tert-OH is 1. The van der Waals surface area contributed by atoms with Gasteiger partial charge in [-0.2, -0.15) is 0 Å². The first-order valence-electron chi connectivity index (χ1n) is 5.56. The highest BCUT2D eigenvalue weighted by atomic mass is 16.5. The van der Waals surface area contributed by atoms with E-state index in [1.807, 2.05) is 13.8 Å². The second-order valence-electron chi connectivity index (χ2n) is 4.27. The highest BCUT2D eigenvalue weighted by molar-refractivity contribution is 5.20. The van der Waals surface area contributed by atoms with Crippen LogP contribution in [-0.4, -0.2) is 47.6 Å². The van der Waals surface area contributed by atoms with Crippen molar-refractivity contribution in [1.82, 2.24) is 10.1 Å². The van der Waals surface area contributed by atoms with Crippen LogP contribution in [0.1, 0.15) is 17.0 Å². The lowest BCUT2D eigenvalue weighted by molar-refractivity contribution is 0.0562. The zero-order valence-corrected chi connectivity index (χ0v) is 9.77. The Bertz CT molecular complexity index is 331. The number of aromatic nitrogens is 1. The molecule has 1 N–H and O–H groups in total. The quantitative estimate of drug-likeness (QED) is 0.795. The molecule has 0 radical (unpaired) electrons. The minimum absolute atomic E-state index is 0.400. The van der Waals surface area contributed by atoms with Crippen LogP contribution in [0.4, 0.5) is 0 Å². The van der Waals surface area contributed by atoms with Gasteiger partial charge < -0.3 is 14.4 Å². The van der Waals surface area contributed by atoms with E-state index < -0.39 is 6.10 Å². The van der Waals surface area contributed by atoms with Gasteiger partial charge in [0.05, 0.1) is 25.0 Å². The van der Waals surface area contributed by atoms with Gasteiger partial charge in [0, 0.05) is 25.2 Å². The van der Waals surface area contributed by atoms with E-state index in [0.29, 0.717) is 19.8 Å². The molecule has 1 fully saturated rings. The summed E-state index contributed by atoms with van der Waals surface area (Å²) in [7, 11) is 0. The summed E-state index contributed by atoms with van der Waals surface area (Å²) in [5, 5.41) is 13.5. The summed E-state index contributed by atoms with van der Waals surface area (Å²) in [4.78, 5) is 2.17. The van der Waals surface area contributed by atoms with Crippen LogP contribution in [0.2, 0.25) is 0 Å². The molecule has 0 spiro atoms. The molecule has 2 heterocycles. The van der Waals surface area contributed by atoms with Crippen molar-refractivity contribution in [2.45, 2.75) is 26.5 Å². The van der Waals surface area contributed by atoms with E-state index in [0.717, 1.165) is 30.1 Å². The predicted molar refractivity (Wildman–Crippen MR) is 58.1 cm³/mol. The van der Waals surface area contributed by atoms with Gasteiger partial charge in [-0.3, -0.25) is 4.90 Å². The lowest BCUT2D eigenvalue weighted by atomic mass is 10.2. The molecule has 1 saturated heterocycles. The molecule has 1 aliphatic rings. The van der Waals surface area contributed by atoms with E-state index in [2.05, 4.69) is 10.1 Å². The van der Waals surface area contributed by atoms with Gasteiger partial charge in [-0.1, -0.05) is 5.16 Å². The maximum atomic E-state index is 9.62. The molecule has 0 aliphatic carbocycles. The van der Waals surface area contributed by atoms with Gasteiger partial charge in [0.25, 0.3) is 0 Å². The van der Waals surface area contributed by atoms with Crippen molar-refractivity contribution in [3.63, 3.8) is 0 Å². The van der Waals surface area contributed by atoms with E-state index in [-0.39, 0.29) is 0 Å². The Morgan fingerprint density at radius 2 is 2.31 bits per heavy atom. The first-order valence-corrected chi connectivity index (χ1v) is 5.56. The van der Waals surface area contributed by atoms with Gasteiger partial charge in [0.15, 0.2) is 0 Å². The van der Waals surface area contributed by atoms with Crippen LogP contribution in [0.15, 0.2) is 4.52 Å². The van der Waals surface area contributed by atoms with Crippen LogP contribution in [-0.2, 0) is 11.3 Å². The van der Waals surface area contributed by atoms with Crippen LogP contribution in [0.5, 0.6) is 0 Å². The number of aryl methyl sites for hydroxylation is 2. The van der Waals surface area contributed by atoms with Crippen molar-refractivity contribution in [3.05, 3.63) is 17.0 Å². The number of aliphatic hydroxyl groups is 1. The van der Waals surface area contributed by atoms with E-state index in [1.54, 1.807) is 0 Å². The van der Waals surface area contributed by atoms with Crippen LogP contribution >= 0.6 is 0 Å². The third kappa shape index (κ3) is 2.61. The highest BCUT2D eigenvalue weighted by Crippen LogP contribution is 2.15. The molecule has 5 heteroatoms. The summed E-state index contributed by atoms with van der Waals surface area (Å²) in [6.07, 6.45) is -0.400. The summed E-state index contributed by atoms with van der Waals surface area (Å²) >= 11 is 0. The molecule has 16 heavy (non-hydrogen) atoms. The van der Waals surface area contributed by atoms with Crippen LogP contribution in [0.3, 0.4) is 0 Å². The number of hydrogen-bond acceptors (Lipinski definition) is 5. The van der Waals surface area contributed by atoms with Gasteiger partial charge in [0.1, 0.15) is 5.76 Å². The summed E-state index contributed by atoms with van der Waals surface area (Å²) in [5.41, 5.74) is 2.05. The van der Waals surface area contributed by atoms with E-state index >= 15 is 0 Å². The maximum Gasteiger partial charge on any atom is 0.138 e. The van der Waals surface area contributed by atoms with Gasteiger partial charge >= 0.3 is 0 Å². The van der Waals surface area contributed by atoms with Gasteiger partial charge in [0.2, 0.25) is 0 Å². The van der Waals surface area contributed by atoms with Crippen LogP contribution < -0.4 is 0 Å². The second kappa shape index (κ2) is 4.95. The Labute approximate surface area is 95.0 Å². The molecule has 0 bridgehead atoms. The first kappa shape index (κ1) is 11.6. The molecule has 1 aromatic heterocycles. The normalized spacial score (nSPS) is 23.3. The fraction of sp³-hybridized carbons (Fsp3) is 0.727. The molecule has 0 unspecified atom stereocenters. The van der Waals surface area contributed by atoms with Gasteiger partial charge in [-0.05, 0) is 13.8 Å². The summed E-state index contributed by atoms with van der Waals surface area (Å²) in [6.45, 7) is 7.20. The zero-order valence-electron chi connectivity index (χ0n) is 9.77. The maximum absolute atomic E-state index is 9.62. The molecule has 1 aromatic rings. The Kier molecular flexibility index (Phi) is 3.58. The molecular formula is C11H18N2O3. The van der Waals surface area contributed by atoms with Crippen molar-refractivity contribution in [3.8, 4) is 0 Å². The minimum Gasteiger partial charge on any atom is -0.389 e. The summed E-state index contributed by atoms with van der Waals surface area (Å²) in [5.74, 6) is 0.858. The van der Waals surface area contributed by atoms with Crippen molar-refractivity contribution >= 4 is 0 Å². The molecular weight excluding hydrogens is 208 g/mol. The van der Waals surface area contributed by atoms with Gasteiger partial charge in [-0.25, -0.2) is 0 Å². The molecule has 0 saturated carbocycles. The Balaban J connectivity index is 2.03. The second-order valence-corrected chi connectivity index (χ2v) is 4.27. The molecule has 5 nitrogen and oxygen atoms in total. The van der Waals surface area contributed by atoms with E-state index in [9.17, 15) is 5.11 Å². The topological polar surface area (TPSA) is 58.7 Å². The minimum atomic E-state index is -0.400. The Morgan fingerprint density at radius 1 is 1.50 bits per heavy atom. The number of β-amino-alcohol motifs (C(OH)–C–C–N with tert-alkyl or cyclic N) is 1. The molecule has 0 amide bonds. The summed E-state index contributed by atoms with van der Waals surface area (Å²) < 4.78 is 10.4. The monoisotopic (exact) mass is 226 g/mol. The molecule has 0 aromatic carbocycles. The summed E-state index contributed by atoms with van der Waals surface area (Å²) in [6, 6.07) is 0. The molecule has 90 valence electrons. The third-order valence-electron chi connectivity index (χ3n) is 2.89. The van der Waals surface area contributed by atoms with E-state index in [4.69, 9.17) is 9.26 Å². The number of hydrogen-bond donors (Lipinski definition) is 1. The van der Waals surface area contributed by atoms with Crippen molar-refractivity contribution in [1.29, 1.82) is 0 Å². The molecule has 2 rings (SSSR count). The van der Waals surface area contributed by atoms with Crippen LogP contribution in [0, 0.1) is 13.8 Å². The number of rotatable bonds is 2.